The van der Waals surface area contributed by atoms with Gasteiger partial charge in [0.1, 0.15) is 0 Å². The quantitative estimate of drug-likeness (QED) is 0.522. The molecule has 5 rings (SSSR count). The van der Waals surface area contributed by atoms with Crippen LogP contribution in [-0.4, -0.2) is 72.4 Å². The van der Waals surface area contributed by atoms with Crippen LogP contribution in [0.3, 0.4) is 0 Å². The summed E-state index contributed by atoms with van der Waals surface area (Å²) in [4.78, 5) is 23.5. The molecule has 4 heterocycles. The van der Waals surface area contributed by atoms with Gasteiger partial charge in [-0.25, -0.2) is 8.42 Å². The normalized spacial score (nSPS) is 23.1. The number of hydrogen-bond donors (Lipinski definition) is 4. The summed E-state index contributed by atoms with van der Waals surface area (Å²) in [5, 5.41) is 17.6. The van der Waals surface area contributed by atoms with Gasteiger partial charge in [0.2, 0.25) is 10.0 Å². The van der Waals surface area contributed by atoms with Gasteiger partial charge in [-0.15, -0.1) is 0 Å². The van der Waals surface area contributed by atoms with Crippen molar-refractivity contribution in [1.82, 2.24) is 20.4 Å². The highest BCUT2D eigenvalue weighted by atomic mass is 32.2. The summed E-state index contributed by atoms with van der Waals surface area (Å²) >= 11 is 0. The number of hydrogen-bond acceptors (Lipinski definition) is 6. The maximum Gasteiger partial charge on any atom is 0.290 e. The summed E-state index contributed by atoms with van der Waals surface area (Å²) in [6.45, 7) is 4.44. The van der Waals surface area contributed by atoms with Crippen LogP contribution in [0.25, 0.3) is 10.9 Å². The van der Waals surface area contributed by atoms with E-state index < -0.39 is 10.0 Å². The van der Waals surface area contributed by atoms with Gasteiger partial charge in [0.05, 0.1) is 11.3 Å². The minimum atomic E-state index is -3.37. The van der Waals surface area contributed by atoms with Crippen LogP contribution in [0.1, 0.15) is 30.3 Å². The van der Waals surface area contributed by atoms with Crippen LogP contribution < -0.4 is 10.0 Å². The fourth-order valence-corrected chi connectivity index (χ4v) is 4.50. The SMILES string of the molecule is CCS(=O)(=O)Nc1ccc2[nH]nc(C(=O)N[C@H]3CN4CCC3CC4)c2c1.O=CO. The van der Waals surface area contributed by atoms with Crippen molar-refractivity contribution in [2.45, 2.75) is 25.8 Å². The third-order valence-corrected chi connectivity index (χ3v) is 6.71. The van der Waals surface area contributed by atoms with Crippen LogP contribution in [0.15, 0.2) is 18.2 Å². The van der Waals surface area contributed by atoms with Crippen molar-refractivity contribution in [3.05, 3.63) is 23.9 Å². The van der Waals surface area contributed by atoms with Crippen LogP contribution in [0.5, 0.6) is 0 Å². The Morgan fingerprint density at radius 1 is 1.38 bits per heavy atom. The Morgan fingerprint density at radius 2 is 2.07 bits per heavy atom. The molecule has 3 fully saturated rings. The molecule has 0 radical (unpaired) electrons. The van der Waals surface area contributed by atoms with Crippen LogP contribution in [0.4, 0.5) is 5.69 Å². The molecular weight excluding hydrogens is 398 g/mol. The first-order valence-electron chi connectivity index (χ1n) is 9.46. The molecule has 10 nitrogen and oxygen atoms in total. The molecule has 2 aromatic rings. The molecule has 4 N–H and O–H groups in total. The number of carbonyl (C=O) groups excluding carboxylic acids is 1. The number of aromatic amines is 1. The molecule has 0 unspecified atom stereocenters. The Labute approximate surface area is 168 Å². The molecule has 1 amide bonds. The largest absolute Gasteiger partial charge is 0.483 e. The van der Waals surface area contributed by atoms with Crippen molar-refractivity contribution >= 4 is 39.0 Å². The number of H-pyrrole nitrogens is 1. The van der Waals surface area contributed by atoms with Gasteiger partial charge < -0.3 is 15.3 Å². The zero-order valence-corrected chi connectivity index (χ0v) is 16.9. The number of anilines is 1. The molecule has 1 aromatic carbocycles. The number of carbonyl (C=O) groups is 2. The van der Waals surface area contributed by atoms with E-state index in [1.165, 1.54) is 0 Å². The first kappa shape index (κ1) is 21.1. The first-order chi connectivity index (χ1) is 13.9. The molecule has 0 saturated carbocycles. The van der Waals surface area contributed by atoms with Crippen molar-refractivity contribution in [1.29, 1.82) is 0 Å². The van der Waals surface area contributed by atoms with Crippen molar-refractivity contribution < 1.29 is 23.1 Å². The van der Waals surface area contributed by atoms with E-state index in [0.717, 1.165) is 32.5 Å². The smallest absolute Gasteiger partial charge is 0.290 e. The summed E-state index contributed by atoms with van der Waals surface area (Å²) in [6, 6.07) is 5.18. The average molecular weight is 423 g/mol. The van der Waals surface area contributed by atoms with Gasteiger partial charge in [-0.2, -0.15) is 5.10 Å². The topological polar surface area (TPSA) is 144 Å². The van der Waals surface area contributed by atoms with Gasteiger partial charge in [0.25, 0.3) is 12.4 Å². The Hall–Kier alpha value is -2.66. The van der Waals surface area contributed by atoms with Gasteiger partial charge in [-0.1, -0.05) is 0 Å². The minimum Gasteiger partial charge on any atom is -0.483 e. The van der Waals surface area contributed by atoms with E-state index in [0.29, 0.717) is 28.2 Å². The lowest BCUT2D eigenvalue weighted by molar-refractivity contribution is -0.122. The van der Waals surface area contributed by atoms with E-state index in [1.54, 1.807) is 25.1 Å². The number of nitrogens with zero attached hydrogens (tertiary/aromatic N) is 2. The number of rotatable bonds is 5. The lowest BCUT2D eigenvalue weighted by Crippen LogP contribution is -2.57. The molecule has 0 spiro atoms. The van der Waals surface area contributed by atoms with Gasteiger partial charge in [-0.05, 0) is 57.0 Å². The lowest BCUT2D eigenvalue weighted by atomic mass is 9.84. The van der Waals surface area contributed by atoms with Gasteiger partial charge in [0.15, 0.2) is 5.69 Å². The Balaban J connectivity index is 0.000000755. The second kappa shape index (κ2) is 8.78. The highest BCUT2D eigenvalue weighted by molar-refractivity contribution is 7.92. The highest BCUT2D eigenvalue weighted by Gasteiger charge is 2.35. The van der Waals surface area contributed by atoms with Crippen molar-refractivity contribution in [2.75, 3.05) is 30.1 Å². The second-order valence-corrected chi connectivity index (χ2v) is 9.17. The molecular formula is C18H25N5O5S. The molecule has 1 aromatic heterocycles. The number of benzene rings is 1. The molecule has 3 aliphatic rings. The average Bonchev–Trinajstić information content (AvgIpc) is 3.12. The van der Waals surface area contributed by atoms with Crippen molar-refractivity contribution in [3.8, 4) is 0 Å². The predicted molar refractivity (Wildman–Crippen MR) is 108 cm³/mol. The number of piperidine rings is 3. The number of amides is 1. The van der Waals surface area contributed by atoms with E-state index >= 15 is 0 Å². The van der Waals surface area contributed by atoms with E-state index in [-0.39, 0.29) is 24.2 Å². The zero-order valence-electron chi connectivity index (χ0n) is 16.1. The molecule has 29 heavy (non-hydrogen) atoms. The monoisotopic (exact) mass is 423 g/mol. The van der Waals surface area contributed by atoms with E-state index in [9.17, 15) is 13.2 Å². The molecule has 11 heteroatoms. The van der Waals surface area contributed by atoms with Gasteiger partial charge in [0, 0.05) is 23.7 Å². The predicted octanol–water partition coefficient (Wildman–Crippen LogP) is 0.849. The second-order valence-electron chi connectivity index (χ2n) is 7.16. The molecule has 1 atom stereocenters. The molecule has 158 valence electrons. The van der Waals surface area contributed by atoms with Crippen molar-refractivity contribution in [2.24, 2.45) is 5.92 Å². The molecule has 3 aliphatic heterocycles. The number of nitrogens with one attached hydrogen (secondary N) is 3. The summed E-state index contributed by atoms with van der Waals surface area (Å²) in [5.41, 5.74) is 1.43. The summed E-state index contributed by atoms with van der Waals surface area (Å²) in [6.07, 6.45) is 2.24. The van der Waals surface area contributed by atoms with Crippen molar-refractivity contribution in [3.63, 3.8) is 0 Å². The number of aromatic nitrogens is 2. The number of sulfonamides is 1. The van der Waals surface area contributed by atoms with E-state index in [2.05, 4.69) is 25.1 Å². The Kier molecular flexibility index (Phi) is 6.38. The fourth-order valence-electron chi connectivity index (χ4n) is 3.87. The van der Waals surface area contributed by atoms with Crippen LogP contribution in [0.2, 0.25) is 0 Å². The van der Waals surface area contributed by atoms with Crippen LogP contribution in [-0.2, 0) is 14.8 Å². The maximum absolute atomic E-state index is 12.8. The van der Waals surface area contributed by atoms with Gasteiger partial charge >= 0.3 is 0 Å². The summed E-state index contributed by atoms with van der Waals surface area (Å²) in [7, 11) is -3.37. The van der Waals surface area contributed by atoms with E-state index in [1.807, 2.05) is 0 Å². The third-order valence-electron chi connectivity index (χ3n) is 5.40. The minimum absolute atomic E-state index is 0.0106. The third kappa shape index (κ3) is 4.85. The maximum atomic E-state index is 12.8. The summed E-state index contributed by atoms with van der Waals surface area (Å²) < 4.78 is 26.1. The molecule has 0 aliphatic carbocycles. The standard InChI is InChI=1S/C17H23N5O3S.CH2O2/c1-2-26(24,25)21-12-3-4-14-13(9-12)16(20-19-14)17(23)18-15-10-22-7-5-11(15)6-8-22;2-1-3/h3-4,9,11,15,21H,2,5-8,10H2,1H3,(H,18,23)(H,19,20);1H,(H,2,3)/t15-;/m0./s1. The molecule has 2 bridgehead atoms. The zero-order chi connectivity index (χ0) is 21.0. The lowest BCUT2D eigenvalue weighted by Gasteiger charge is -2.44. The highest BCUT2D eigenvalue weighted by Crippen LogP contribution is 2.28. The molecule has 3 saturated heterocycles. The fraction of sp³-hybridized carbons (Fsp3) is 0.500. The Bertz CT molecular complexity index is 982. The van der Waals surface area contributed by atoms with Crippen LogP contribution in [0, 0.1) is 5.92 Å². The Morgan fingerprint density at radius 3 is 2.66 bits per heavy atom. The van der Waals surface area contributed by atoms with Crippen LogP contribution >= 0.6 is 0 Å². The summed E-state index contributed by atoms with van der Waals surface area (Å²) in [5.74, 6) is 0.301. The van der Waals surface area contributed by atoms with E-state index in [4.69, 9.17) is 9.90 Å². The number of fused-ring (bicyclic) bond motifs is 4. The first-order valence-corrected chi connectivity index (χ1v) is 11.1. The number of carboxylic acid groups (broad SMARTS) is 1. The van der Waals surface area contributed by atoms with Gasteiger partial charge in [-0.3, -0.25) is 19.4 Å².